The summed E-state index contributed by atoms with van der Waals surface area (Å²) in [6.07, 6.45) is 2.32. The lowest BCUT2D eigenvalue weighted by atomic mass is 9.71. The Balaban J connectivity index is 1.66. The van der Waals surface area contributed by atoms with E-state index in [1.807, 2.05) is 30.3 Å². The topological polar surface area (TPSA) is 98.9 Å². The van der Waals surface area contributed by atoms with Gasteiger partial charge in [-0.3, -0.25) is 24.7 Å². The molecule has 7 nitrogen and oxygen atoms in total. The fourth-order valence-electron chi connectivity index (χ4n) is 4.51. The van der Waals surface area contributed by atoms with Crippen LogP contribution < -0.4 is 0 Å². The first-order valence-electron chi connectivity index (χ1n) is 10.7. The van der Waals surface area contributed by atoms with Crippen LogP contribution >= 0.6 is 0 Å². The van der Waals surface area contributed by atoms with E-state index in [4.69, 9.17) is 4.74 Å². The number of rotatable bonds is 6. The Kier molecular flexibility index (Phi) is 6.25. The monoisotopic (exact) mass is 432 g/mol. The van der Waals surface area contributed by atoms with E-state index in [-0.39, 0.29) is 18.1 Å². The van der Waals surface area contributed by atoms with Gasteiger partial charge in [-0.2, -0.15) is 0 Å². The molecule has 7 heteroatoms. The molecule has 2 atom stereocenters. The molecular weight excluding hydrogens is 408 g/mol. The minimum absolute atomic E-state index is 0.0545. The second-order valence-corrected chi connectivity index (χ2v) is 8.10. The standard InChI is InChI=1S/C25H24N2O5/c1-16-22(25(29)32-14-13-17-7-3-2-4-8-17)23(18-9-5-10-19(15-18)27(30)31)24-20(26-16)11-6-12-21(24)28/h2-5,7-10,15,22-23H,6,11-14H2,1H3/t22?,23-/m1/s1. The van der Waals surface area contributed by atoms with Gasteiger partial charge in [-0.25, -0.2) is 0 Å². The number of ketones is 1. The van der Waals surface area contributed by atoms with Gasteiger partial charge in [-0.1, -0.05) is 42.5 Å². The van der Waals surface area contributed by atoms with Crippen molar-refractivity contribution in [3.63, 3.8) is 0 Å². The predicted molar refractivity (Wildman–Crippen MR) is 119 cm³/mol. The molecule has 2 aromatic rings. The van der Waals surface area contributed by atoms with Gasteiger partial charge in [-0.15, -0.1) is 0 Å². The van der Waals surface area contributed by atoms with Crippen molar-refractivity contribution < 1.29 is 19.2 Å². The van der Waals surface area contributed by atoms with Gasteiger partial charge in [0.2, 0.25) is 0 Å². The molecule has 164 valence electrons. The maximum absolute atomic E-state index is 13.2. The highest BCUT2D eigenvalue weighted by atomic mass is 16.6. The van der Waals surface area contributed by atoms with Crippen molar-refractivity contribution >= 4 is 23.2 Å². The molecule has 0 saturated heterocycles. The smallest absolute Gasteiger partial charge is 0.315 e. The van der Waals surface area contributed by atoms with E-state index < -0.39 is 22.7 Å². The van der Waals surface area contributed by atoms with E-state index in [2.05, 4.69) is 4.99 Å². The highest BCUT2D eigenvalue weighted by Gasteiger charge is 2.43. The molecule has 1 heterocycles. The average molecular weight is 432 g/mol. The molecule has 1 aliphatic heterocycles. The van der Waals surface area contributed by atoms with Crippen LogP contribution in [0.15, 0.2) is 70.9 Å². The summed E-state index contributed by atoms with van der Waals surface area (Å²) < 4.78 is 5.61. The molecule has 4 rings (SSSR count). The summed E-state index contributed by atoms with van der Waals surface area (Å²) in [5.41, 5.74) is 3.28. The van der Waals surface area contributed by atoms with E-state index in [1.54, 1.807) is 19.1 Å². The minimum atomic E-state index is -0.798. The van der Waals surface area contributed by atoms with Gasteiger partial charge in [0, 0.05) is 47.9 Å². The van der Waals surface area contributed by atoms with Gasteiger partial charge in [0.1, 0.15) is 5.92 Å². The summed E-state index contributed by atoms with van der Waals surface area (Å²) in [6.45, 7) is 1.96. The zero-order valence-electron chi connectivity index (χ0n) is 17.8. The molecular formula is C25H24N2O5. The highest BCUT2D eigenvalue weighted by Crippen LogP contribution is 2.44. The molecule has 0 fully saturated rings. The summed E-state index contributed by atoms with van der Waals surface area (Å²) in [7, 11) is 0. The third kappa shape index (κ3) is 4.37. The van der Waals surface area contributed by atoms with E-state index in [0.717, 1.165) is 5.56 Å². The number of non-ortho nitro benzene ring substituents is 1. The SMILES string of the molecule is CC1=NC2=C(C(=O)CCC2)[C@H](c2cccc([N+](=O)[O-])c2)C1C(=O)OCCc1ccccc1. The maximum Gasteiger partial charge on any atom is 0.315 e. The van der Waals surface area contributed by atoms with Crippen LogP contribution in [0.2, 0.25) is 0 Å². The first-order valence-corrected chi connectivity index (χ1v) is 10.7. The second-order valence-electron chi connectivity index (χ2n) is 8.10. The van der Waals surface area contributed by atoms with Gasteiger partial charge < -0.3 is 4.74 Å². The van der Waals surface area contributed by atoms with Gasteiger partial charge in [-0.05, 0) is 30.9 Å². The number of nitro groups is 1. The van der Waals surface area contributed by atoms with Gasteiger partial charge >= 0.3 is 5.97 Å². The van der Waals surface area contributed by atoms with Crippen LogP contribution in [0, 0.1) is 16.0 Å². The lowest BCUT2D eigenvalue weighted by Gasteiger charge is -2.34. The van der Waals surface area contributed by atoms with E-state index in [0.29, 0.717) is 48.2 Å². The number of hydrogen-bond acceptors (Lipinski definition) is 6. The Morgan fingerprint density at radius 2 is 1.94 bits per heavy atom. The van der Waals surface area contributed by atoms with Crippen LogP contribution in [0.1, 0.15) is 43.2 Å². The number of esters is 1. The molecule has 0 saturated carbocycles. The fraction of sp³-hybridized carbons (Fsp3) is 0.320. The molecule has 0 spiro atoms. The number of nitro benzene ring substituents is 1. The number of nitrogens with zero attached hydrogens (tertiary/aromatic N) is 2. The van der Waals surface area contributed by atoms with Gasteiger partial charge in [0.25, 0.3) is 5.69 Å². The number of benzene rings is 2. The molecule has 0 bridgehead atoms. The Labute approximate surface area is 186 Å². The third-order valence-corrected chi connectivity index (χ3v) is 6.01. The molecule has 0 N–H and O–H groups in total. The summed E-state index contributed by atoms with van der Waals surface area (Å²) in [4.78, 5) is 41.6. The number of ether oxygens (including phenoxy) is 1. The second kappa shape index (κ2) is 9.26. The fourth-order valence-corrected chi connectivity index (χ4v) is 4.51. The summed E-state index contributed by atoms with van der Waals surface area (Å²) in [6, 6.07) is 15.9. The van der Waals surface area contributed by atoms with Crippen molar-refractivity contribution in [3.8, 4) is 0 Å². The maximum atomic E-state index is 13.2. The Morgan fingerprint density at radius 3 is 2.69 bits per heavy atom. The van der Waals surface area contributed by atoms with Crippen molar-refractivity contribution in [1.29, 1.82) is 0 Å². The normalized spacial score (nSPS) is 20.4. The first kappa shape index (κ1) is 21.6. The summed E-state index contributed by atoms with van der Waals surface area (Å²) in [5.74, 6) is -1.96. The minimum Gasteiger partial charge on any atom is -0.465 e. The molecule has 1 aliphatic carbocycles. The van der Waals surface area contributed by atoms with Crippen LogP contribution in [0.5, 0.6) is 0 Å². The quantitative estimate of drug-likeness (QED) is 0.378. The van der Waals surface area contributed by atoms with Crippen LogP contribution in [0.3, 0.4) is 0 Å². The summed E-state index contributed by atoms with van der Waals surface area (Å²) in [5, 5.41) is 11.4. The van der Waals surface area contributed by atoms with Crippen molar-refractivity contribution in [1.82, 2.24) is 0 Å². The Bertz CT molecular complexity index is 1120. The molecule has 0 amide bonds. The molecule has 32 heavy (non-hydrogen) atoms. The number of carbonyl (C=O) groups is 2. The molecule has 0 aromatic heterocycles. The van der Waals surface area contributed by atoms with Crippen LogP contribution in [-0.2, 0) is 20.7 Å². The third-order valence-electron chi connectivity index (χ3n) is 6.01. The van der Waals surface area contributed by atoms with Crippen molar-refractivity contribution in [2.24, 2.45) is 10.9 Å². The van der Waals surface area contributed by atoms with E-state index in [1.165, 1.54) is 12.1 Å². The zero-order valence-corrected chi connectivity index (χ0v) is 17.8. The lowest BCUT2D eigenvalue weighted by molar-refractivity contribution is -0.384. The van der Waals surface area contributed by atoms with Crippen molar-refractivity contribution in [2.75, 3.05) is 6.61 Å². The highest BCUT2D eigenvalue weighted by molar-refractivity contribution is 6.08. The average Bonchev–Trinajstić information content (AvgIpc) is 2.79. The predicted octanol–water partition coefficient (Wildman–Crippen LogP) is 4.56. The van der Waals surface area contributed by atoms with Crippen LogP contribution in [0.25, 0.3) is 0 Å². The lowest BCUT2D eigenvalue weighted by Crippen LogP contribution is -2.37. The molecule has 1 unspecified atom stereocenters. The number of aliphatic imine (C=N–C) groups is 1. The van der Waals surface area contributed by atoms with Gasteiger partial charge in [0.05, 0.1) is 11.5 Å². The molecule has 2 aliphatic rings. The first-order chi connectivity index (χ1) is 15.5. The van der Waals surface area contributed by atoms with E-state index in [9.17, 15) is 19.7 Å². The number of carbonyl (C=O) groups excluding carboxylic acids is 2. The van der Waals surface area contributed by atoms with Crippen molar-refractivity contribution in [3.05, 3.63) is 87.1 Å². The number of Topliss-reactive ketones (excluding diaryl/α,β-unsaturated/α-hetero) is 1. The van der Waals surface area contributed by atoms with Crippen molar-refractivity contribution in [2.45, 2.75) is 38.5 Å². The van der Waals surface area contributed by atoms with Crippen LogP contribution in [-0.4, -0.2) is 29.0 Å². The summed E-state index contributed by atoms with van der Waals surface area (Å²) >= 11 is 0. The van der Waals surface area contributed by atoms with Gasteiger partial charge in [0.15, 0.2) is 5.78 Å². The zero-order chi connectivity index (χ0) is 22.7. The Morgan fingerprint density at radius 1 is 1.16 bits per heavy atom. The Hall–Kier alpha value is -3.61. The molecule has 2 aromatic carbocycles. The number of hydrogen-bond donors (Lipinski definition) is 0. The number of allylic oxidation sites excluding steroid dienone is 2. The largest absolute Gasteiger partial charge is 0.465 e. The molecule has 0 radical (unpaired) electrons. The van der Waals surface area contributed by atoms with Crippen LogP contribution in [0.4, 0.5) is 5.69 Å². The van der Waals surface area contributed by atoms with E-state index >= 15 is 0 Å².